The molecular formula is C30H26FN3O7S. The van der Waals surface area contributed by atoms with Gasteiger partial charge in [-0.2, -0.15) is 5.26 Å². The molecular weight excluding hydrogens is 565 g/mol. The summed E-state index contributed by atoms with van der Waals surface area (Å²) < 4.78 is 56.7. The summed E-state index contributed by atoms with van der Waals surface area (Å²) in [6, 6.07) is 17.3. The molecule has 10 nitrogen and oxygen atoms in total. The Labute approximate surface area is 241 Å². The van der Waals surface area contributed by atoms with E-state index < -0.39 is 27.9 Å². The van der Waals surface area contributed by atoms with Crippen molar-refractivity contribution >= 4 is 38.7 Å². The summed E-state index contributed by atoms with van der Waals surface area (Å²) in [5, 5.41) is 9.30. The lowest BCUT2D eigenvalue weighted by atomic mass is 10.0. The molecule has 0 saturated heterocycles. The maximum absolute atomic E-state index is 13.2. The molecule has 1 fully saturated rings. The molecule has 0 bridgehead atoms. The van der Waals surface area contributed by atoms with Crippen molar-refractivity contribution in [3.8, 4) is 28.9 Å². The number of nitriles is 1. The number of carbonyl (C=O) groups excluding carboxylic acids is 2. The Balaban J connectivity index is 1.61. The van der Waals surface area contributed by atoms with E-state index in [2.05, 4.69) is 0 Å². The van der Waals surface area contributed by atoms with Gasteiger partial charge < -0.3 is 19.6 Å². The molecule has 0 aliphatic heterocycles. The Morgan fingerprint density at radius 2 is 1.74 bits per heavy atom. The standard InChI is InChI=1S/C30H26FN3O7S/c1-42(37,38)34(15-3-2-14-32)25-17-26-24(16-23(25)18-4-5-18)27(29(35)41-30(33)36)28(40-26)19-6-10-21(11-7-19)39-22-12-8-20(31)9-13-22/h6-13,16-18H,2-5,15H2,1H3,(H2,33,36). The van der Waals surface area contributed by atoms with Crippen molar-refractivity contribution < 1.29 is 36.3 Å². The van der Waals surface area contributed by atoms with E-state index in [1.54, 1.807) is 36.4 Å². The van der Waals surface area contributed by atoms with Crippen LogP contribution in [0.4, 0.5) is 14.9 Å². The second-order valence-corrected chi connectivity index (χ2v) is 11.8. The number of sulfonamides is 1. The molecule has 4 aromatic rings. The number of primary amides is 1. The van der Waals surface area contributed by atoms with Gasteiger partial charge in [0.1, 0.15) is 34.2 Å². The number of rotatable bonds is 10. The van der Waals surface area contributed by atoms with E-state index in [0.717, 1.165) is 19.1 Å². The van der Waals surface area contributed by atoms with Crippen LogP contribution in [0.25, 0.3) is 22.3 Å². The Bertz CT molecular complexity index is 1810. The van der Waals surface area contributed by atoms with Gasteiger partial charge in [-0.15, -0.1) is 0 Å². The molecule has 1 saturated carbocycles. The third-order valence-electron chi connectivity index (χ3n) is 6.74. The van der Waals surface area contributed by atoms with E-state index in [-0.39, 0.29) is 35.8 Å². The Morgan fingerprint density at radius 3 is 2.31 bits per heavy atom. The first-order valence-corrected chi connectivity index (χ1v) is 14.9. The minimum Gasteiger partial charge on any atom is -0.457 e. The van der Waals surface area contributed by atoms with Gasteiger partial charge in [-0.05, 0) is 85.3 Å². The van der Waals surface area contributed by atoms with Crippen LogP contribution in [0.1, 0.15) is 47.5 Å². The Kier molecular flexibility index (Phi) is 7.87. The summed E-state index contributed by atoms with van der Waals surface area (Å²) in [5.74, 6) is -0.421. The van der Waals surface area contributed by atoms with Crippen LogP contribution in [0, 0.1) is 17.1 Å². The van der Waals surface area contributed by atoms with E-state index in [4.69, 9.17) is 24.9 Å². The molecule has 0 atom stereocenters. The van der Waals surface area contributed by atoms with Gasteiger partial charge in [0, 0.05) is 30.0 Å². The van der Waals surface area contributed by atoms with Gasteiger partial charge in [0.2, 0.25) is 10.0 Å². The molecule has 216 valence electrons. The van der Waals surface area contributed by atoms with Crippen LogP contribution < -0.4 is 14.8 Å². The molecule has 2 N–H and O–H groups in total. The number of hydrogen-bond acceptors (Lipinski definition) is 8. The Morgan fingerprint density at radius 1 is 1.10 bits per heavy atom. The van der Waals surface area contributed by atoms with Gasteiger partial charge >= 0.3 is 12.1 Å². The maximum atomic E-state index is 13.2. The van der Waals surface area contributed by atoms with Gasteiger partial charge in [-0.3, -0.25) is 4.31 Å². The predicted octanol–water partition coefficient (Wildman–Crippen LogP) is 6.21. The fourth-order valence-electron chi connectivity index (χ4n) is 4.71. The lowest BCUT2D eigenvalue weighted by Gasteiger charge is -2.25. The topological polar surface area (TPSA) is 153 Å². The summed E-state index contributed by atoms with van der Waals surface area (Å²) in [7, 11) is -3.72. The number of fused-ring (bicyclic) bond motifs is 1. The molecule has 1 amide bonds. The van der Waals surface area contributed by atoms with E-state index in [1.807, 2.05) is 6.07 Å². The van der Waals surface area contributed by atoms with Crippen LogP contribution in [0.2, 0.25) is 0 Å². The first-order valence-electron chi connectivity index (χ1n) is 13.1. The van der Waals surface area contributed by atoms with Crippen LogP contribution in [-0.2, 0) is 14.8 Å². The van der Waals surface area contributed by atoms with Crippen LogP contribution >= 0.6 is 0 Å². The van der Waals surface area contributed by atoms with Crippen LogP contribution in [-0.4, -0.2) is 33.3 Å². The third-order valence-corrected chi connectivity index (χ3v) is 7.92. The number of nitrogens with two attached hydrogens (primary N) is 1. The Hall–Kier alpha value is -4.89. The van der Waals surface area contributed by atoms with Crippen molar-refractivity contribution in [2.75, 3.05) is 17.1 Å². The summed E-state index contributed by atoms with van der Waals surface area (Å²) in [5.41, 5.74) is 6.85. The second-order valence-electron chi connectivity index (χ2n) is 9.87. The zero-order valence-electron chi connectivity index (χ0n) is 22.5. The lowest BCUT2D eigenvalue weighted by Crippen LogP contribution is -2.31. The highest BCUT2D eigenvalue weighted by Crippen LogP contribution is 2.48. The SMILES string of the molecule is CS(=O)(=O)N(CCCC#N)c1cc2oc(-c3ccc(Oc4ccc(F)cc4)cc3)c(C(=O)OC(N)=O)c2cc1C1CC1. The first-order chi connectivity index (χ1) is 20.0. The lowest BCUT2D eigenvalue weighted by molar-refractivity contribution is 0.0640. The normalized spacial score (nSPS) is 13.0. The molecule has 3 aromatic carbocycles. The molecule has 42 heavy (non-hydrogen) atoms. The van der Waals surface area contributed by atoms with Crippen molar-refractivity contribution in [2.45, 2.75) is 31.6 Å². The number of anilines is 1. The van der Waals surface area contributed by atoms with Gasteiger partial charge in [-0.25, -0.2) is 22.4 Å². The van der Waals surface area contributed by atoms with Crippen molar-refractivity contribution in [2.24, 2.45) is 5.73 Å². The molecule has 12 heteroatoms. The number of unbranched alkanes of at least 4 members (excludes halogenated alkanes) is 1. The molecule has 0 unspecified atom stereocenters. The van der Waals surface area contributed by atoms with Crippen LogP contribution in [0.5, 0.6) is 11.5 Å². The number of hydrogen-bond donors (Lipinski definition) is 1. The molecule has 1 aromatic heterocycles. The number of carbonyl (C=O) groups is 2. The summed E-state index contributed by atoms with van der Waals surface area (Å²) in [6.45, 7) is 0.0945. The average Bonchev–Trinajstić information content (AvgIpc) is 3.71. The number of benzene rings is 3. The molecule has 0 spiro atoms. The summed E-state index contributed by atoms with van der Waals surface area (Å²) in [4.78, 5) is 24.6. The molecule has 5 rings (SSSR count). The van der Waals surface area contributed by atoms with Crippen molar-refractivity contribution in [1.29, 1.82) is 5.26 Å². The molecule has 1 aliphatic rings. The van der Waals surface area contributed by atoms with E-state index in [9.17, 15) is 22.4 Å². The minimum absolute atomic E-state index is 0.0418. The van der Waals surface area contributed by atoms with Gasteiger partial charge in [-0.1, -0.05) is 0 Å². The number of halogens is 1. The third kappa shape index (κ3) is 6.21. The van der Waals surface area contributed by atoms with Gasteiger partial charge in [0.05, 0.1) is 18.0 Å². The van der Waals surface area contributed by atoms with Gasteiger partial charge in [0.25, 0.3) is 0 Å². The number of esters is 1. The zero-order chi connectivity index (χ0) is 30.0. The summed E-state index contributed by atoms with van der Waals surface area (Å²) in [6.07, 6.45) is 1.98. The van der Waals surface area contributed by atoms with Crippen molar-refractivity contribution in [3.05, 3.63) is 77.6 Å². The highest BCUT2D eigenvalue weighted by molar-refractivity contribution is 7.92. The highest BCUT2D eigenvalue weighted by Gasteiger charge is 2.33. The molecule has 1 heterocycles. The summed E-state index contributed by atoms with van der Waals surface area (Å²) >= 11 is 0. The first kappa shape index (κ1) is 28.6. The van der Waals surface area contributed by atoms with Crippen LogP contribution in [0.15, 0.2) is 65.1 Å². The van der Waals surface area contributed by atoms with Gasteiger partial charge in [0.15, 0.2) is 0 Å². The fourth-order valence-corrected chi connectivity index (χ4v) is 5.69. The number of amides is 1. The minimum atomic E-state index is -3.72. The fraction of sp³-hybridized carbons (Fsp3) is 0.233. The smallest absolute Gasteiger partial charge is 0.412 e. The van der Waals surface area contributed by atoms with Crippen molar-refractivity contribution in [3.63, 3.8) is 0 Å². The maximum Gasteiger partial charge on any atom is 0.412 e. The quantitative estimate of drug-likeness (QED) is 0.130. The monoisotopic (exact) mass is 591 g/mol. The molecule has 0 radical (unpaired) electrons. The largest absolute Gasteiger partial charge is 0.457 e. The predicted molar refractivity (Wildman–Crippen MR) is 152 cm³/mol. The number of nitrogens with zero attached hydrogens (tertiary/aromatic N) is 2. The van der Waals surface area contributed by atoms with E-state index in [1.165, 1.54) is 28.6 Å². The van der Waals surface area contributed by atoms with E-state index >= 15 is 0 Å². The molecule has 1 aliphatic carbocycles. The second kappa shape index (κ2) is 11.5. The highest BCUT2D eigenvalue weighted by atomic mass is 32.2. The number of furan rings is 1. The zero-order valence-corrected chi connectivity index (χ0v) is 23.3. The number of ether oxygens (including phenoxy) is 2. The van der Waals surface area contributed by atoms with Crippen LogP contribution in [0.3, 0.4) is 0 Å². The van der Waals surface area contributed by atoms with E-state index in [0.29, 0.717) is 40.1 Å². The average molecular weight is 592 g/mol. The van der Waals surface area contributed by atoms with Crippen molar-refractivity contribution in [1.82, 2.24) is 0 Å².